The molecule has 0 saturated heterocycles. The van der Waals surface area contributed by atoms with Gasteiger partial charge in [0.2, 0.25) is 0 Å². The van der Waals surface area contributed by atoms with Crippen molar-refractivity contribution in [3.05, 3.63) is 58.9 Å². The van der Waals surface area contributed by atoms with Crippen LogP contribution < -0.4 is 9.80 Å². The second kappa shape index (κ2) is 14.5. The van der Waals surface area contributed by atoms with Crippen LogP contribution >= 0.6 is 0 Å². The van der Waals surface area contributed by atoms with Crippen molar-refractivity contribution < 1.29 is 27.3 Å². The molecule has 0 heterocycles. The van der Waals surface area contributed by atoms with Gasteiger partial charge in [-0.2, -0.15) is 10.5 Å². The second-order valence-corrected chi connectivity index (χ2v) is 7.27. The summed E-state index contributed by atoms with van der Waals surface area (Å²) in [7, 11) is 0. The van der Waals surface area contributed by atoms with Crippen molar-refractivity contribution in [3.63, 3.8) is 0 Å². The van der Waals surface area contributed by atoms with E-state index in [1.807, 2.05) is 52.0 Å². The molecule has 2 aromatic rings. The van der Waals surface area contributed by atoms with Gasteiger partial charge in [0.05, 0.1) is 0 Å². The summed E-state index contributed by atoms with van der Waals surface area (Å²) >= 11 is 0. The molecule has 0 atom stereocenters. The Morgan fingerprint density at radius 1 is 0.743 bits per heavy atom. The first-order valence-corrected chi connectivity index (χ1v) is 11.2. The fourth-order valence-electron chi connectivity index (χ4n) is 3.41. The Kier molecular flexibility index (Phi) is 12.1. The number of aliphatic imine (C=N–C) groups is 2. The van der Waals surface area contributed by atoms with Crippen LogP contribution in [0.4, 0.5) is 11.4 Å². The van der Waals surface area contributed by atoms with E-state index in [-0.39, 0.29) is 40.0 Å². The summed E-state index contributed by atoms with van der Waals surface area (Å²) < 4.78 is 0. The van der Waals surface area contributed by atoms with Crippen molar-refractivity contribution in [1.82, 2.24) is 0 Å². The van der Waals surface area contributed by atoms with Gasteiger partial charge in [-0.25, -0.2) is 9.98 Å². The van der Waals surface area contributed by atoms with Crippen LogP contribution in [0.15, 0.2) is 57.8 Å². The minimum Gasteiger partial charge on any atom is -0.507 e. The predicted molar refractivity (Wildman–Crippen MR) is 137 cm³/mol. The topological polar surface area (TPSA) is 119 Å². The van der Waals surface area contributed by atoms with Crippen LogP contribution in [0.3, 0.4) is 0 Å². The van der Waals surface area contributed by atoms with Crippen molar-refractivity contribution in [2.75, 3.05) is 36.0 Å². The number of hydrogen-bond donors (Lipinski definition) is 2. The summed E-state index contributed by atoms with van der Waals surface area (Å²) in [5.41, 5.74) is 2.18. The van der Waals surface area contributed by atoms with Gasteiger partial charge < -0.3 is 20.0 Å². The van der Waals surface area contributed by atoms with Crippen molar-refractivity contribution in [1.29, 1.82) is 10.5 Å². The third-order valence-electron chi connectivity index (χ3n) is 5.39. The van der Waals surface area contributed by atoms with Crippen LogP contribution in [0, 0.1) is 22.7 Å². The molecule has 2 aromatic carbocycles. The van der Waals surface area contributed by atoms with Gasteiger partial charge in [-0.05, 0) is 52.0 Å². The molecule has 0 aliphatic heterocycles. The molecule has 0 aliphatic carbocycles. The van der Waals surface area contributed by atoms with Crippen LogP contribution in [0.1, 0.15) is 38.8 Å². The Morgan fingerprint density at radius 3 is 1.34 bits per heavy atom. The van der Waals surface area contributed by atoms with E-state index >= 15 is 0 Å². The second-order valence-electron chi connectivity index (χ2n) is 7.27. The number of phenols is 2. The maximum atomic E-state index is 10.3. The quantitative estimate of drug-likeness (QED) is 0.268. The Morgan fingerprint density at radius 2 is 1.09 bits per heavy atom. The van der Waals surface area contributed by atoms with E-state index in [1.165, 1.54) is 12.4 Å². The Bertz CT molecular complexity index is 1080. The van der Waals surface area contributed by atoms with E-state index in [4.69, 9.17) is 0 Å². The standard InChI is InChI=1S/C26H30N6O2.Cu/c1-5-31(6-2)21-11-9-19(25(33)13-21)17-29-23(15-27)24(16-28)30-18-20-10-12-22(14-26(20)34)32(7-3)8-4;/h9-14,17-18,33-34H,5-8H2,1-4H3;/b24-23-,29-17?,30-18?;. The molecular formula is C26H30CuN6O2. The number of nitriles is 2. The predicted octanol–water partition coefficient (Wildman–Crippen LogP) is 4.58. The molecule has 0 spiro atoms. The summed E-state index contributed by atoms with van der Waals surface area (Å²) in [6.45, 7) is 11.4. The Hall–Kier alpha value is -3.78. The average Bonchev–Trinajstić information content (AvgIpc) is 2.84. The number of phenolic OH excluding ortho intramolecular Hbond substituents is 2. The van der Waals surface area contributed by atoms with E-state index in [0.717, 1.165) is 37.6 Å². The third-order valence-corrected chi connectivity index (χ3v) is 5.39. The maximum Gasteiger partial charge on any atom is 0.176 e. The summed E-state index contributed by atoms with van der Waals surface area (Å²) in [4.78, 5) is 12.3. The minimum absolute atomic E-state index is 0. The normalized spacial score (nSPS) is 11.5. The smallest absolute Gasteiger partial charge is 0.176 e. The average molecular weight is 522 g/mol. The fourth-order valence-corrected chi connectivity index (χ4v) is 3.41. The van der Waals surface area contributed by atoms with Gasteiger partial charge in [0, 0.05) is 90.3 Å². The molecule has 187 valence electrons. The summed E-state index contributed by atoms with van der Waals surface area (Å²) in [5, 5.41) is 39.7. The zero-order valence-corrected chi connectivity index (χ0v) is 21.3. The largest absolute Gasteiger partial charge is 0.507 e. The van der Waals surface area contributed by atoms with Gasteiger partial charge in [0.1, 0.15) is 23.6 Å². The zero-order chi connectivity index (χ0) is 25.1. The van der Waals surface area contributed by atoms with Gasteiger partial charge in [-0.1, -0.05) is 0 Å². The molecule has 2 N–H and O–H groups in total. The molecule has 1 radical (unpaired) electrons. The van der Waals surface area contributed by atoms with E-state index in [0.29, 0.717) is 11.1 Å². The number of nitrogens with zero attached hydrogens (tertiary/aromatic N) is 6. The monoisotopic (exact) mass is 521 g/mol. The SMILES string of the molecule is CCN(CC)c1ccc(C=N/C(C#N)=C(/C#N)N=Cc2ccc(N(CC)CC)cc2O)c(O)c1.[Cu]. The van der Waals surface area contributed by atoms with Gasteiger partial charge in [0.25, 0.3) is 0 Å². The number of hydrogen-bond acceptors (Lipinski definition) is 8. The summed E-state index contributed by atoms with van der Waals surface area (Å²) in [6, 6.07) is 14.1. The molecule has 0 unspecified atom stereocenters. The minimum atomic E-state index is -0.203. The molecule has 0 saturated carbocycles. The van der Waals surface area contributed by atoms with Crippen LogP contribution in [-0.4, -0.2) is 48.8 Å². The number of rotatable bonds is 10. The summed E-state index contributed by atoms with van der Waals surface area (Å²) in [6.07, 6.45) is 2.65. The number of benzene rings is 2. The van der Waals surface area contributed by atoms with E-state index in [1.54, 1.807) is 24.3 Å². The van der Waals surface area contributed by atoms with Crippen molar-refractivity contribution in [2.24, 2.45) is 9.98 Å². The van der Waals surface area contributed by atoms with E-state index in [2.05, 4.69) is 19.8 Å². The molecule has 0 fully saturated rings. The molecule has 0 aliphatic rings. The molecule has 2 rings (SSSR count). The molecular weight excluding hydrogens is 492 g/mol. The van der Waals surface area contributed by atoms with Gasteiger partial charge in [-0.3, -0.25) is 0 Å². The molecule has 35 heavy (non-hydrogen) atoms. The summed E-state index contributed by atoms with van der Waals surface area (Å²) in [5.74, 6) is 0.0383. The van der Waals surface area contributed by atoms with Crippen molar-refractivity contribution in [3.8, 4) is 23.6 Å². The van der Waals surface area contributed by atoms with Crippen LogP contribution in [0.5, 0.6) is 11.5 Å². The third kappa shape index (κ3) is 7.61. The van der Waals surface area contributed by atoms with Gasteiger partial charge >= 0.3 is 0 Å². The Balaban J connectivity index is 0.00000612. The number of anilines is 2. The molecule has 9 heteroatoms. The first kappa shape index (κ1) is 29.3. The molecule has 0 aromatic heterocycles. The maximum absolute atomic E-state index is 10.3. The first-order valence-electron chi connectivity index (χ1n) is 11.2. The number of allylic oxidation sites excluding steroid dienone is 2. The van der Waals surface area contributed by atoms with E-state index < -0.39 is 0 Å². The molecule has 0 amide bonds. The zero-order valence-electron chi connectivity index (χ0n) is 20.3. The number of aromatic hydroxyl groups is 2. The Labute approximate surface area is 217 Å². The van der Waals surface area contributed by atoms with Crippen molar-refractivity contribution in [2.45, 2.75) is 27.7 Å². The molecule has 0 bridgehead atoms. The van der Waals surface area contributed by atoms with E-state index in [9.17, 15) is 20.7 Å². The fraction of sp³-hybridized carbons (Fsp3) is 0.308. The van der Waals surface area contributed by atoms with Crippen LogP contribution in [0.2, 0.25) is 0 Å². The first-order chi connectivity index (χ1) is 16.4. The molecule has 8 nitrogen and oxygen atoms in total. The van der Waals surface area contributed by atoms with Crippen LogP contribution in [0.25, 0.3) is 0 Å². The van der Waals surface area contributed by atoms with Crippen molar-refractivity contribution >= 4 is 23.8 Å². The van der Waals surface area contributed by atoms with Gasteiger partial charge in [0.15, 0.2) is 11.4 Å². The van der Waals surface area contributed by atoms with Gasteiger partial charge in [-0.15, -0.1) is 0 Å². The van der Waals surface area contributed by atoms with Crippen LogP contribution in [-0.2, 0) is 17.1 Å².